The molecule has 1 aliphatic carbocycles. The van der Waals surface area contributed by atoms with Crippen molar-refractivity contribution in [3.05, 3.63) is 69.7 Å². The van der Waals surface area contributed by atoms with Crippen LogP contribution in [0.1, 0.15) is 54.8 Å². The number of nitrogens with one attached hydrogen (secondary N) is 1. The van der Waals surface area contributed by atoms with Crippen LogP contribution in [-0.2, 0) is 0 Å². The monoisotopic (exact) mass is 343 g/mol. The normalized spacial score (nSPS) is 16.5. The molecule has 0 bridgehead atoms. The Kier molecular flexibility index (Phi) is 4.77. The van der Waals surface area contributed by atoms with Gasteiger partial charge in [0.05, 0.1) is 6.04 Å². The fraction of sp³-hybridized carbons (Fsp3) is 0.368. The van der Waals surface area contributed by atoms with E-state index in [4.69, 9.17) is 0 Å². The van der Waals surface area contributed by atoms with Crippen molar-refractivity contribution in [2.75, 3.05) is 6.54 Å². The summed E-state index contributed by atoms with van der Waals surface area (Å²) in [6.45, 7) is 3.12. The first-order chi connectivity index (χ1) is 10.3. The highest BCUT2D eigenvalue weighted by atomic mass is 79.9. The molecule has 2 heteroatoms. The van der Waals surface area contributed by atoms with Crippen molar-refractivity contribution in [3.8, 4) is 0 Å². The van der Waals surface area contributed by atoms with Crippen molar-refractivity contribution in [2.45, 2.75) is 38.1 Å². The van der Waals surface area contributed by atoms with Gasteiger partial charge in [-0.1, -0.05) is 65.7 Å². The van der Waals surface area contributed by atoms with Gasteiger partial charge in [-0.05, 0) is 54.1 Å². The van der Waals surface area contributed by atoms with E-state index in [9.17, 15) is 0 Å². The summed E-state index contributed by atoms with van der Waals surface area (Å²) in [5, 5.41) is 3.60. The minimum Gasteiger partial charge on any atom is -0.307 e. The summed E-state index contributed by atoms with van der Waals surface area (Å²) < 4.78 is 1.13. The molecule has 0 spiro atoms. The van der Waals surface area contributed by atoms with Gasteiger partial charge in [0, 0.05) is 4.47 Å². The van der Waals surface area contributed by atoms with Gasteiger partial charge in [-0.25, -0.2) is 0 Å². The zero-order chi connectivity index (χ0) is 14.7. The summed E-state index contributed by atoms with van der Waals surface area (Å²) in [4.78, 5) is 0. The Hall–Kier alpha value is -1.12. The fourth-order valence-corrected chi connectivity index (χ4v) is 3.25. The highest BCUT2D eigenvalue weighted by molar-refractivity contribution is 9.10. The Morgan fingerprint density at radius 3 is 2.05 bits per heavy atom. The summed E-state index contributed by atoms with van der Waals surface area (Å²) in [6, 6.07) is 18.1. The van der Waals surface area contributed by atoms with E-state index in [1.807, 2.05) is 0 Å². The SMILES string of the molecule is CCNC(c1ccc(Br)cc1)c1ccc(C2CCC2)cc1. The Morgan fingerprint density at radius 2 is 1.57 bits per heavy atom. The molecular formula is C19H22BrN. The predicted octanol–water partition coefficient (Wildman–Crippen LogP) is 5.42. The predicted molar refractivity (Wildman–Crippen MR) is 92.7 cm³/mol. The molecule has 0 saturated heterocycles. The fourth-order valence-electron chi connectivity index (χ4n) is 2.99. The van der Waals surface area contributed by atoms with Gasteiger partial charge in [-0.2, -0.15) is 0 Å². The summed E-state index contributed by atoms with van der Waals surface area (Å²) in [5.41, 5.74) is 4.18. The van der Waals surface area contributed by atoms with Crippen LogP contribution in [0, 0.1) is 0 Å². The molecule has 0 aromatic heterocycles. The molecule has 1 N–H and O–H groups in total. The van der Waals surface area contributed by atoms with Gasteiger partial charge >= 0.3 is 0 Å². The Labute approximate surface area is 135 Å². The molecular weight excluding hydrogens is 322 g/mol. The molecule has 2 aromatic carbocycles. The molecule has 110 valence electrons. The highest BCUT2D eigenvalue weighted by Crippen LogP contribution is 2.36. The van der Waals surface area contributed by atoms with Crippen molar-refractivity contribution in [3.63, 3.8) is 0 Å². The Morgan fingerprint density at radius 1 is 1.00 bits per heavy atom. The van der Waals surface area contributed by atoms with E-state index >= 15 is 0 Å². The average molecular weight is 344 g/mol. The molecule has 0 amide bonds. The third-order valence-corrected chi connectivity index (χ3v) is 4.99. The first-order valence-electron chi connectivity index (χ1n) is 7.86. The molecule has 1 nitrogen and oxygen atoms in total. The van der Waals surface area contributed by atoms with Gasteiger partial charge in [0.25, 0.3) is 0 Å². The number of benzene rings is 2. The van der Waals surface area contributed by atoms with Crippen LogP contribution < -0.4 is 5.32 Å². The van der Waals surface area contributed by atoms with E-state index in [0.717, 1.165) is 16.9 Å². The van der Waals surface area contributed by atoms with Crippen molar-refractivity contribution in [1.82, 2.24) is 5.32 Å². The second-order valence-electron chi connectivity index (χ2n) is 5.84. The van der Waals surface area contributed by atoms with E-state index in [1.54, 1.807) is 0 Å². The molecule has 1 saturated carbocycles. The molecule has 2 aromatic rings. The maximum Gasteiger partial charge on any atom is 0.0576 e. The van der Waals surface area contributed by atoms with E-state index < -0.39 is 0 Å². The number of halogens is 1. The lowest BCUT2D eigenvalue weighted by Gasteiger charge is -2.26. The Balaban J connectivity index is 1.84. The summed E-state index contributed by atoms with van der Waals surface area (Å²) in [7, 11) is 0. The van der Waals surface area contributed by atoms with Crippen LogP contribution in [0.2, 0.25) is 0 Å². The Bertz CT molecular complexity index is 570. The summed E-state index contributed by atoms with van der Waals surface area (Å²) in [6.07, 6.45) is 4.12. The van der Waals surface area contributed by atoms with Crippen LogP contribution in [-0.4, -0.2) is 6.54 Å². The third kappa shape index (κ3) is 3.38. The minimum absolute atomic E-state index is 0.276. The molecule has 0 radical (unpaired) electrons. The van der Waals surface area contributed by atoms with Crippen molar-refractivity contribution < 1.29 is 0 Å². The van der Waals surface area contributed by atoms with Crippen LogP contribution in [0.15, 0.2) is 53.0 Å². The lowest BCUT2D eigenvalue weighted by atomic mass is 9.79. The lowest BCUT2D eigenvalue weighted by Crippen LogP contribution is -2.22. The standard InChI is InChI=1S/C19H22BrN/c1-2-21-19(17-10-12-18(20)13-11-17)16-8-6-15(7-9-16)14-4-3-5-14/h6-14,19,21H,2-5H2,1H3. The van der Waals surface area contributed by atoms with Crippen LogP contribution in [0.5, 0.6) is 0 Å². The molecule has 1 unspecified atom stereocenters. The molecule has 0 heterocycles. The first-order valence-corrected chi connectivity index (χ1v) is 8.66. The van der Waals surface area contributed by atoms with E-state index in [1.165, 1.54) is 36.0 Å². The lowest BCUT2D eigenvalue weighted by molar-refractivity contribution is 0.419. The zero-order valence-electron chi connectivity index (χ0n) is 12.5. The number of hydrogen-bond donors (Lipinski definition) is 1. The minimum atomic E-state index is 0.276. The van der Waals surface area contributed by atoms with Gasteiger partial charge < -0.3 is 5.32 Å². The second-order valence-corrected chi connectivity index (χ2v) is 6.75. The van der Waals surface area contributed by atoms with E-state index in [0.29, 0.717) is 0 Å². The van der Waals surface area contributed by atoms with E-state index in [-0.39, 0.29) is 6.04 Å². The topological polar surface area (TPSA) is 12.0 Å². The summed E-state index contributed by atoms with van der Waals surface area (Å²) >= 11 is 3.51. The van der Waals surface area contributed by atoms with E-state index in [2.05, 4.69) is 76.7 Å². The van der Waals surface area contributed by atoms with Crippen LogP contribution in [0.3, 0.4) is 0 Å². The highest BCUT2D eigenvalue weighted by Gasteiger charge is 2.20. The van der Waals surface area contributed by atoms with Gasteiger partial charge in [0.2, 0.25) is 0 Å². The maximum absolute atomic E-state index is 3.60. The van der Waals surface area contributed by atoms with Gasteiger partial charge in [-0.15, -0.1) is 0 Å². The molecule has 1 atom stereocenters. The number of hydrogen-bond acceptors (Lipinski definition) is 1. The van der Waals surface area contributed by atoms with Gasteiger partial charge in [-0.3, -0.25) is 0 Å². The molecule has 0 aliphatic heterocycles. The second kappa shape index (κ2) is 6.76. The quantitative estimate of drug-likeness (QED) is 0.764. The molecule has 1 fully saturated rings. The van der Waals surface area contributed by atoms with Crippen LogP contribution in [0.4, 0.5) is 0 Å². The van der Waals surface area contributed by atoms with Crippen LogP contribution in [0.25, 0.3) is 0 Å². The third-order valence-electron chi connectivity index (χ3n) is 4.46. The molecule has 1 aliphatic rings. The van der Waals surface area contributed by atoms with Crippen molar-refractivity contribution in [2.24, 2.45) is 0 Å². The van der Waals surface area contributed by atoms with Gasteiger partial charge in [0.15, 0.2) is 0 Å². The first kappa shape index (κ1) is 14.8. The average Bonchev–Trinajstić information content (AvgIpc) is 2.45. The molecule has 3 rings (SSSR count). The largest absolute Gasteiger partial charge is 0.307 e. The van der Waals surface area contributed by atoms with Crippen LogP contribution >= 0.6 is 15.9 Å². The maximum atomic E-state index is 3.60. The molecule has 21 heavy (non-hydrogen) atoms. The zero-order valence-corrected chi connectivity index (χ0v) is 14.1. The smallest absolute Gasteiger partial charge is 0.0576 e. The van der Waals surface area contributed by atoms with Crippen molar-refractivity contribution in [1.29, 1.82) is 0 Å². The number of rotatable bonds is 5. The van der Waals surface area contributed by atoms with Crippen molar-refractivity contribution >= 4 is 15.9 Å². The van der Waals surface area contributed by atoms with Gasteiger partial charge in [0.1, 0.15) is 0 Å². The summed E-state index contributed by atoms with van der Waals surface area (Å²) in [5.74, 6) is 0.810.